The number of non-ortho nitro benzene ring substituents is 1. The Morgan fingerprint density at radius 2 is 2.03 bits per heavy atom. The molecular formula is C22H28N6O3. The number of anilines is 2. The third kappa shape index (κ3) is 6.77. The Morgan fingerprint density at radius 1 is 1.26 bits per heavy atom. The van der Waals surface area contributed by atoms with Crippen LogP contribution in [0.3, 0.4) is 0 Å². The lowest BCUT2D eigenvalue weighted by Gasteiger charge is -2.29. The van der Waals surface area contributed by atoms with Gasteiger partial charge in [0.15, 0.2) is 0 Å². The lowest BCUT2D eigenvalue weighted by molar-refractivity contribution is -0.384. The zero-order valence-electron chi connectivity index (χ0n) is 17.8. The Labute approximate surface area is 181 Å². The van der Waals surface area contributed by atoms with Crippen LogP contribution in [0.5, 0.6) is 0 Å². The van der Waals surface area contributed by atoms with Gasteiger partial charge < -0.3 is 15.5 Å². The molecule has 0 spiro atoms. The molecule has 9 nitrogen and oxygen atoms in total. The van der Waals surface area contributed by atoms with Crippen molar-refractivity contribution >= 4 is 29.4 Å². The second-order valence-electron chi connectivity index (χ2n) is 7.93. The number of nitrogens with one attached hydrogen (secondary N) is 2. The van der Waals surface area contributed by atoms with Crippen LogP contribution in [0.25, 0.3) is 6.08 Å². The SMILES string of the molecule is CN(C)c1ccnc(N[C@H]2CC[C@@H](CNC(=O)C=Cc3cccc([N+](=O)[O-])c3)CC2)n1. The summed E-state index contributed by atoms with van der Waals surface area (Å²) >= 11 is 0. The zero-order chi connectivity index (χ0) is 22.2. The van der Waals surface area contributed by atoms with Gasteiger partial charge >= 0.3 is 0 Å². The van der Waals surface area contributed by atoms with Gasteiger partial charge in [0, 0.05) is 51.1 Å². The van der Waals surface area contributed by atoms with E-state index in [0.717, 1.165) is 31.5 Å². The van der Waals surface area contributed by atoms with E-state index in [0.29, 0.717) is 30.0 Å². The first-order valence-corrected chi connectivity index (χ1v) is 10.4. The molecule has 1 saturated carbocycles. The third-order valence-corrected chi connectivity index (χ3v) is 5.35. The van der Waals surface area contributed by atoms with Crippen molar-refractivity contribution in [3.05, 3.63) is 58.3 Å². The Kier molecular flexibility index (Phi) is 7.53. The molecule has 1 aromatic heterocycles. The highest BCUT2D eigenvalue weighted by Crippen LogP contribution is 2.25. The van der Waals surface area contributed by atoms with Crippen LogP contribution < -0.4 is 15.5 Å². The maximum atomic E-state index is 12.1. The maximum absolute atomic E-state index is 12.1. The molecular weight excluding hydrogens is 396 g/mol. The summed E-state index contributed by atoms with van der Waals surface area (Å²) in [4.78, 5) is 33.2. The number of benzene rings is 1. The highest BCUT2D eigenvalue weighted by atomic mass is 16.6. The number of amides is 1. The molecule has 1 fully saturated rings. The molecule has 164 valence electrons. The van der Waals surface area contributed by atoms with Gasteiger partial charge in [0.05, 0.1) is 4.92 Å². The number of aromatic nitrogens is 2. The fourth-order valence-corrected chi connectivity index (χ4v) is 3.58. The predicted octanol–water partition coefficient (Wildman–Crippen LogP) is 3.25. The van der Waals surface area contributed by atoms with E-state index in [1.54, 1.807) is 24.4 Å². The van der Waals surface area contributed by atoms with Gasteiger partial charge in [0.2, 0.25) is 11.9 Å². The van der Waals surface area contributed by atoms with Crippen LogP contribution in [0, 0.1) is 16.0 Å². The summed E-state index contributed by atoms with van der Waals surface area (Å²) in [7, 11) is 3.90. The number of nitro groups is 1. The number of carbonyl (C=O) groups is 1. The minimum Gasteiger partial charge on any atom is -0.363 e. The van der Waals surface area contributed by atoms with Crippen molar-refractivity contribution in [2.75, 3.05) is 30.9 Å². The summed E-state index contributed by atoms with van der Waals surface area (Å²) in [5, 5.41) is 17.2. The van der Waals surface area contributed by atoms with Crippen LogP contribution >= 0.6 is 0 Å². The summed E-state index contributed by atoms with van der Waals surface area (Å²) < 4.78 is 0. The predicted molar refractivity (Wildman–Crippen MR) is 121 cm³/mol. The van der Waals surface area contributed by atoms with E-state index in [-0.39, 0.29) is 11.6 Å². The second-order valence-corrected chi connectivity index (χ2v) is 7.93. The van der Waals surface area contributed by atoms with E-state index in [4.69, 9.17) is 0 Å². The van der Waals surface area contributed by atoms with E-state index >= 15 is 0 Å². The van der Waals surface area contributed by atoms with Crippen LogP contribution in [0.15, 0.2) is 42.6 Å². The van der Waals surface area contributed by atoms with Crippen molar-refractivity contribution in [1.82, 2.24) is 15.3 Å². The summed E-state index contributed by atoms with van der Waals surface area (Å²) in [6.07, 6.45) is 8.79. The third-order valence-electron chi connectivity index (χ3n) is 5.35. The van der Waals surface area contributed by atoms with E-state index in [2.05, 4.69) is 20.6 Å². The van der Waals surface area contributed by atoms with Gasteiger partial charge in [0.1, 0.15) is 5.82 Å². The Bertz CT molecular complexity index is 938. The summed E-state index contributed by atoms with van der Waals surface area (Å²) in [6, 6.07) is 8.40. The van der Waals surface area contributed by atoms with Gasteiger partial charge in [-0.1, -0.05) is 12.1 Å². The number of nitrogens with zero attached hydrogens (tertiary/aromatic N) is 4. The average molecular weight is 425 g/mol. The first-order valence-electron chi connectivity index (χ1n) is 10.4. The molecule has 0 atom stereocenters. The summed E-state index contributed by atoms with van der Waals surface area (Å²) in [5.74, 6) is 1.75. The van der Waals surface area contributed by atoms with Crippen molar-refractivity contribution in [2.45, 2.75) is 31.7 Å². The number of hydrogen-bond donors (Lipinski definition) is 2. The van der Waals surface area contributed by atoms with E-state index in [1.165, 1.54) is 18.2 Å². The number of nitro benzene ring substituents is 1. The minimum atomic E-state index is -0.451. The Hall–Kier alpha value is -3.49. The molecule has 0 saturated heterocycles. The fourth-order valence-electron chi connectivity index (χ4n) is 3.58. The number of hydrogen-bond acceptors (Lipinski definition) is 7. The molecule has 0 bridgehead atoms. The molecule has 1 amide bonds. The molecule has 0 unspecified atom stereocenters. The van der Waals surface area contributed by atoms with E-state index < -0.39 is 4.92 Å². The van der Waals surface area contributed by atoms with Crippen molar-refractivity contribution in [3.8, 4) is 0 Å². The normalized spacial score (nSPS) is 18.5. The minimum absolute atomic E-state index is 0.00627. The van der Waals surface area contributed by atoms with Gasteiger partial charge in [-0.2, -0.15) is 4.98 Å². The van der Waals surface area contributed by atoms with Gasteiger partial charge in [-0.3, -0.25) is 14.9 Å². The van der Waals surface area contributed by atoms with E-state index in [9.17, 15) is 14.9 Å². The first-order chi connectivity index (χ1) is 14.9. The van der Waals surface area contributed by atoms with Crippen molar-refractivity contribution in [3.63, 3.8) is 0 Å². The lowest BCUT2D eigenvalue weighted by Crippen LogP contribution is -2.33. The Morgan fingerprint density at radius 3 is 2.74 bits per heavy atom. The topological polar surface area (TPSA) is 113 Å². The maximum Gasteiger partial charge on any atom is 0.270 e. The molecule has 31 heavy (non-hydrogen) atoms. The monoisotopic (exact) mass is 424 g/mol. The molecule has 1 heterocycles. The number of rotatable bonds is 8. The number of carbonyl (C=O) groups excluding carboxylic acids is 1. The standard InChI is InChI=1S/C22H28N6O3/c1-27(2)20-12-13-23-22(26-20)25-18-9-6-17(7-10-18)15-24-21(29)11-8-16-4-3-5-19(14-16)28(30)31/h3-5,8,11-14,17-18H,6-7,9-10,15H2,1-2H3,(H,24,29)(H,23,25,26)/t17-,18+. The van der Waals surface area contributed by atoms with Crippen LogP contribution in [-0.2, 0) is 4.79 Å². The first kappa shape index (κ1) is 22.2. The highest BCUT2D eigenvalue weighted by Gasteiger charge is 2.22. The van der Waals surface area contributed by atoms with Crippen LogP contribution in [0.2, 0.25) is 0 Å². The van der Waals surface area contributed by atoms with Gasteiger partial charge in [-0.05, 0) is 49.3 Å². The van der Waals surface area contributed by atoms with Crippen molar-refractivity contribution in [2.24, 2.45) is 5.92 Å². The largest absolute Gasteiger partial charge is 0.363 e. The molecule has 2 aromatic rings. The fraction of sp³-hybridized carbons (Fsp3) is 0.409. The lowest BCUT2D eigenvalue weighted by atomic mass is 9.86. The average Bonchev–Trinajstić information content (AvgIpc) is 2.77. The Balaban J connectivity index is 1.41. The summed E-state index contributed by atoms with van der Waals surface area (Å²) in [6.45, 7) is 0.622. The molecule has 1 aromatic carbocycles. The second kappa shape index (κ2) is 10.5. The van der Waals surface area contributed by atoms with Crippen molar-refractivity contribution in [1.29, 1.82) is 0 Å². The van der Waals surface area contributed by atoms with Crippen LogP contribution in [-0.4, -0.2) is 47.5 Å². The molecule has 2 N–H and O–H groups in total. The smallest absolute Gasteiger partial charge is 0.270 e. The van der Waals surface area contributed by atoms with Gasteiger partial charge in [-0.25, -0.2) is 4.98 Å². The molecule has 0 aliphatic heterocycles. The molecule has 3 rings (SSSR count). The van der Waals surface area contributed by atoms with Crippen LogP contribution in [0.4, 0.5) is 17.5 Å². The molecule has 0 radical (unpaired) electrons. The highest BCUT2D eigenvalue weighted by molar-refractivity contribution is 5.91. The van der Waals surface area contributed by atoms with E-state index in [1.807, 2.05) is 25.1 Å². The van der Waals surface area contributed by atoms with Gasteiger partial charge in [-0.15, -0.1) is 0 Å². The van der Waals surface area contributed by atoms with Gasteiger partial charge in [0.25, 0.3) is 5.69 Å². The molecule has 1 aliphatic rings. The summed E-state index contributed by atoms with van der Waals surface area (Å²) in [5.41, 5.74) is 0.628. The van der Waals surface area contributed by atoms with Crippen molar-refractivity contribution < 1.29 is 9.72 Å². The molecule has 9 heteroatoms. The molecule has 1 aliphatic carbocycles. The quantitative estimate of drug-likeness (QED) is 0.380. The van der Waals surface area contributed by atoms with Crippen LogP contribution in [0.1, 0.15) is 31.2 Å². The zero-order valence-corrected chi connectivity index (χ0v) is 17.8.